The lowest BCUT2D eigenvalue weighted by Gasteiger charge is -2.26. The van der Waals surface area contributed by atoms with E-state index in [0.29, 0.717) is 65.4 Å². The summed E-state index contributed by atoms with van der Waals surface area (Å²) in [6, 6.07) is 3.55. The van der Waals surface area contributed by atoms with E-state index in [1.54, 1.807) is 19.2 Å². The van der Waals surface area contributed by atoms with Gasteiger partial charge < -0.3 is 33.2 Å². The van der Waals surface area contributed by atoms with Gasteiger partial charge in [0.2, 0.25) is 5.43 Å². The average Bonchev–Trinajstić information content (AvgIpc) is 3.16. The molecule has 0 saturated carbocycles. The van der Waals surface area contributed by atoms with Crippen molar-refractivity contribution in [1.29, 1.82) is 0 Å². The standard InChI is InChI=1S/C44H64N2O8/c1-32(2)14-16-34-36(52-24-12-8-6-10-18-45-20-26-50-27-21-45)30-38-41(42(34)47)43(48)40-35(17-15-33(3)4)44(49-5)39(31-37(40)54-38)53-25-13-9-7-11-19-46-22-28-51-29-23-46/h14-15,30-31,47H,6-13,16-29H2,1-5H3. The minimum Gasteiger partial charge on any atom is -0.507 e. The molecule has 0 bridgehead atoms. The highest BCUT2D eigenvalue weighted by atomic mass is 16.5. The van der Waals surface area contributed by atoms with E-state index in [1.807, 2.05) is 33.8 Å². The lowest BCUT2D eigenvalue weighted by Crippen LogP contribution is -2.36. The Bertz CT molecular complexity index is 1760. The second-order valence-electron chi connectivity index (χ2n) is 15.2. The number of benzene rings is 2. The Hall–Kier alpha value is -3.57. The van der Waals surface area contributed by atoms with Gasteiger partial charge in [-0.25, -0.2) is 0 Å². The number of ether oxygens (including phenoxy) is 5. The number of morpholine rings is 2. The Kier molecular flexibility index (Phi) is 16.6. The molecule has 1 aromatic heterocycles. The van der Waals surface area contributed by atoms with Gasteiger partial charge in [-0.15, -0.1) is 0 Å². The van der Waals surface area contributed by atoms with Gasteiger partial charge in [0.25, 0.3) is 0 Å². The minimum absolute atomic E-state index is 0.0951. The van der Waals surface area contributed by atoms with Crippen molar-refractivity contribution in [3.8, 4) is 23.0 Å². The molecular weight excluding hydrogens is 684 g/mol. The quantitative estimate of drug-likeness (QED) is 0.0652. The Balaban J connectivity index is 1.36. The van der Waals surface area contributed by atoms with Crippen molar-refractivity contribution in [3.63, 3.8) is 0 Å². The van der Waals surface area contributed by atoms with Crippen LogP contribution >= 0.6 is 0 Å². The first kappa shape index (κ1) is 41.6. The summed E-state index contributed by atoms with van der Waals surface area (Å²) in [5, 5.41) is 12.3. The summed E-state index contributed by atoms with van der Waals surface area (Å²) in [5.74, 6) is 1.51. The molecular formula is C44H64N2O8. The molecule has 3 heterocycles. The molecule has 0 atom stereocenters. The zero-order chi connectivity index (χ0) is 38.3. The van der Waals surface area contributed by atoms with Crippen LogP contribution in [0.2, 0.25) is 0 Å². The van der Waals surface area contributed by atoms with Gasteiger partial charge in [0.05, 0.1) is 52.1 Å². The molecule has 1 N–H and O–H groups in total. The maximum absolute atomic E-state index is 14.5. The van der Waals surface area contributed by atoms with Crippen LogP contribution in [0.1, 0.15) is 90.2 Å². The van der Waals surface area contributed by atoms with Crippen molar-refractivity contribution in [2.45, 2.75) is 91.9 Å². The van der Waals surface area contributed by atoms with Gasteiger partial charge in [0.1, 0.15) is 28.1 Å². The summed E-state index contributed by atoms with van der Waals surface area (Å²) in [7, 11) is 1.61. The van der Waals surface area contributed by atoms with Crippen LogP contribution in [0, 0.1) is 0 Å². The number of phenolic OH excluding ortho intramolecular Hbond substituents is 1. The number of aromatic hydroxyl groups is 1. The van der Waals surface area contributed by atoms with E-state index >= 15 is 0 Å². The van der Waals surface area contributed by atoms with Gasteiger partial charge in [-0.2, -0.15) is 0 Å². The van der Waals surface area contributed by atoms with Crippen LogP contribution in [-0.2, 0) is 22.3 Å². The highest BCUT2D eigenvalue weighted by Gasteiger charge is 2.24. The highest BCUT2D eigenvalue weighted by molar-refractivity contribution is 5.98. The van der Waals surface area contributed by atoms with E-state index in [4.69, 9.17) is 28.1 Å². The molecule has 3 aromatic rings. The first-order valence-corrected chi connectivity index (χ1v) is 20.2. The van der Waals surface area contributed by atoms with Crippen LogP contribution in [0.4, 0.5) is 0 Å². The fourth-order valence-corrected chi connectivity index (χ4v) is 7.26. The van der Waals surface area contributed by atoms with Gasteiger partial charge in [-0.3, -0.25) is 14.6 Å². The summed E-state index contributed by atoms with van der Waals surface area (Å²) in [5.41, 5.74) is 3.89. The number of methoxy groups -OCH3 is 1. The fraction of sp³-hybridized carbons (Fsp3) is 0.614. The van der Waals surface area contributed by atoms with Crippen molar-refractivity contribution < 1.29 is 33.2 Å². The fourth-order valence-electron chi connectivity index (χ4n) is 7.26. The van der Waals surface area contributed by atoms with Crippen LogP contribution in [0.25, 0.3) is 21.9 Å². The van der Waals surface area contributed by atoms with Gasteiger partial charge in [-0.1, -0.05) is 49.0 Å². The summed E-state index contributed by atoms with van der Waals surface area (Å²) in [6.45, 7) is 18.7. The Morgan fingerprint density at radius 2 is 1.17 bits per heavy atom. The van der Waals surface area contributed by atoms with E-state index in [-0.39, 0.29) is 22.1 Å². The number of phenols is 1. The van der Waals surface area contributed by atoms with Crippen molar-refractivity contribution in [2.24, 2.45) is 0 Å². The van der Waals surface area contributed by atoms with Gasteiger partial charge in [0.15, 0.2) is 11.5 Å². The molecule has 10 nitrogen and oxygen atoms in total. The van der Waals surface area contributed by atoms with Crippen LogP contribution in [0.5, 0.6) is 23.0 Å². The Morgan fingerprint density at radius 3 is 1.70 bits per heavy atom. The van der Waals surface area contributed by atoms with E-state index < -0.39 is 0 Å². The average molecular weight is 749 g/mol. The lowest BCUT2D eigenvalue weighted by molar-refractivity contribution is 0.0370. The van der Waals surface area contributed by atoms with E-state index in [9.17, 15) is 9.90 Å². The molecule has 0 spiro atoms. The summed E-state index contributed by atoms with van der Waals surface area (Å²) in [6.07, 6.45) is 13.5. The van der Waals surface area contributed by atoms with Gasteiger partial charge >= 0.3 is 0 Å². The SMILES string of the molecule is COc1c(OCCCCCCN2CCOCC2)cc2oc3cc(OCCCCCCN4CCOCC4)c(CC=C(C)C)c(O)c3c(=O)c2c1CC=C(C)C. The zero-order valence-corrected chi connectivity index (χ0v) is 33.6. The highest BCUT2D eigenvalue weighted by Crippen LogP contribution is 2.42. The van der Waals surface area contributed by atoms with Crippen molar-refractivity contribution in [1.82, 2.24) is 9.80 Å². The number of allylic oxidation sites excluding steroid dienone is 4. The molecule has 5 rings (SSSR count). The number of nitrogens with zero attached hydrogens (tertiary/aromatic N) is 2. The molecule has 2 aliphatic heterocycles. The molecule has 0 aliphatic carbocycles. The first-order chi connectivity index (χ1) is 26.3. The predicted octanol–water partition coefficient (Wildman–Crippen LogP) is 8.22. The second-order valence-corrected chi connectivity index (χ2v) is 15.2. The predicted molar refractivity (Wildman–Crippen MR) is 217 cm³/mol. The number of hydrogen-bond acceptors (Lipinski definition) is 10. The van der Waals surface area contributed by atoms with Gasteiger partial charge in [-0.05, 0) is 79.3 Å². The third kappa shape index (κ3) is 11.7. The van der Waals surface area contributed by atoms with E-state index in [2.05, 4.69) is 15.9 Å². The minimum atomic E-state index is -0.295. The maximum atomic E-state index is 14.5. The second kappa shape index (κ2) is 21.5. The van der Waals surface area contributed by atoms with Crippen LogP contribution in [0.15, 0.2) is 44.6 Å². The molecule has 2 fully saturated rings. The van der Waals surface area contributed by atoms with E-state index in [0.717, 1.165) is 128 Å². The lowest BCUT2D eigenvalue weighted by atomic mass is 9.98. The van der Waals surface area contributed by atoms with Crippen LogP contribution < -0.4 is 19.6 Å². The third-order valence-corrected chi connectivity index (χ3v) is 10.4. The van der Waals surface area contributed by atoms with Crippen molar-refractivity contribution >= 4 is 21.9 Å². The molecule has 2 saturated heterocycles. The van der Waals surface area contributed by atoms with Crippen molar-refractivity contribution in [3.05, 3.63) is 56.8 Å². The smallest absolute Gasteiger partial charge is 0.204 e. The van der Waals surface area contributed by atoms with E-state index in [1.165, 1.54) is 0 Å². The van der Waals surface area contributed by atoms with Crippen LogP contribution in [-0.4, -0.2) is 101 Å². The molecule has 298 valence electrons. The number of hydrogen-bond donors (Lipinski definition) is 1. The first-order valence-electron chi connectivity index (χ1n) is 20.2. The number of fused-ring (bicyclic) bond motifs is 2. The molecule has 54 heavy (non-hydrogen) atoms. The Labute approximate surface area is 322 Å². The molecule has 0 radical (unpaired) electrons. The molecule has 10 heteroatoms. The van der Waals surface area contributed by atoms with Crippen LogP contribution in [0.3, 0.4) is 0 Å². The maximum Gasteiger partial charge on any atom is 0.204 e. The normalized spacial score (nSPS) is 15.4. The number of unbranched alkanes of at least 4 members (excludes halogenated alkanes) is 6. The summed E-state index contributed by atoms with van der Waals surface area (Å²) in [4.78, 5) is 19.4. The summed E-state index contributed by atoms with van der Waals surface area (Å²) >= 11 is 0. The molecule has 0 amide bonds. The summed E-state index contributed by atoms with van der Waals surface area (Å²) < 4.78 is 36.1. The molecule has 2 aromatic carbocycles. The zero-order valence-electron chi connectivity index (χ0n) is 33.6. The van der Waals surface area contributed by atoms with Crippen molar-refractivity contribution in [2.75, 3.05) is 86.0 Å². The third-order valence-electron chi connectivity index (χ3n) is 10.4. The monoisotopic (exact) mass is 748 g/mol. The largest absolute Gasteiger partial charge is 0.507 e. The Morgan fingerprint density at radius 1 is 0.685 bits per heavy atom. The molecule has 2 aliphatic rings. The number of rotatable bonds is 21. The van der Waals surface area contributed by atoms with Gasteiger partial charge in [0, 0.05) is 49.4 Å². The molecule has 0 unspecified atom stereocenters. The topological polar surface area (TPSA) is 103 Å².